The molecule has 0 radical (unpaired) electrons. The van der Waals surface area contributed by atoms with Crippen molar-refractivity contribution in [2.24, 2.45) is 5.92 Å². The number of carbonyl (C=O) groups is 2. The molecular formula is C23H32N2O2. The highest BCUT2D eigenvalue weighted by atomic mass is 16.2. The molecule has 1 atom stereocenters. The van der Waals surface area contributed by atoms with E-state index in [0.717, 1.165) is 38.8 Å². The SMILES string of the molecule is CNC(=O)CC1CC2(CCN(C(=O)CC3CCCC3)CC2)c2ccccc21. The van der Waals surface area contributed by atoms with E-state index in [0.29, 0.717) is 24.2 Å². The molecule has 1 aromatic carbocycles. The molecule has 0 aromatic heterocycles. The van der Waals surface area contributed by atoms with Crippen molar-refractivity contribution in [3.8, 4) is 0 Å². The number of rotatable bonds is 4. The number of piperidine rings is 1. The predicted octanol–water partition coefficient (Wildman–Crippen LogP) is 3.75. The van der Waals surface area contributed by atoms with Gasteiger partial charge in [-0.15, -0.1) is 0 Å². The molecule has 27 heavy (non-hydrogen) atoms. The second kappa shape index (κ2) is 7.65. The van der Waals surface area contributed by atoms with Gasteiger partial charge in [-0.05, 0) is 60.5 Å². The van der Waals surface area contributed by atoms with Crippen molar-refractivity contribution >= 4 is 11.8 Å². The standard InChI is InChI=1S/C23H32N2O2/c1-24-21(26)15-18-16-23(20-9-5-4-8-19(18)20)10-12-25(13-11-23)22(27)14-17-6-2-3-7-17/h4-5,8-9,17-18H,2-3,6-7,10-16H2,1H3,(H,24,26). The van der Waals surface area contributed by atoms with E-state index >= 15 is 0 Å². The topological polar surface area (TPSA) is 49.4 Å². The van der Waals surface area contributed by atoms with Crippen LogP contribution in [0, 0.1) is 5.92 Å². The fourth-order valence-electron chi connectivity index (χ4n) is 5.78. The normalized spacial score (nSPS) is 24.2. The molecule has 4 heteroatoms. The number of carbonyl (C=O) groups excluding carboxylic acids is 2. The predicted molar refractivity (Wildman–Crippen MR) is 107 cm³/mol. The van der Waals surface area contributed by atoms with Crippen molar-refractivity contribution in [2.45, 2.75) is 69.1 Å². The number of likely N-dealkylation sites (tertiary alicyclic amines) is 1. The molecule has 1 saturated carbocycles. The summed E-state index contributed by atoms with van der Waals surface area (Å²) >= 11 is 0. The third-order valence-corrected chi connectivity index (χ3v) is 7.33. The lowest BCUT2D eigenvalue weighted by Crippen LogP contribution is -2.44. The molecule has 2 amide bonds. The molecule has 1 saturated heterocycles. The Hall–Kier alpha value is -1.84. The second-order valence-corrected chi connectivity index (χ2v) is 8.88. The molecule has 1 aromatic rings. The lowest BCUT2D eigenvalue weighted by atomic mass is 9.73. The van der Waals surface area contributed by atoms with Crippen LogP contribution in [-0.2, 0) is 15.0 Å². The van der Waals surface area contributed by atoms with Gasteiger partial charge in [-0.1, -0.05) is 37.1 Å². The number of benzene rings is 1. The van der Waals surface area contributed by atoms with Gasteiger partial charge in [-0.2, -0.15) is 0 Å². The summed E-state index contributed by atoms with van der Waals surface area (Å²) in [5.41, 5.74) is 2.94. The first-order valence-electron chi connectivity index (χ1n) is 10.7. The molecule has 4 nitrogen and oxygen atoms in total. The van der Waals surface area contributed by atoms with Gasteiger partial charge < -0.3 is 10.2 Å². The van der Waals surface area contributed by atoms with Crippen LogP contribution in [0.4, 0.5) is 0 Å². The first-order chi connectivity index (χ1) is 13.1. The van der Waals surface area contributed by atoms with Gasteiger partial charge in [0.05, 0.1) is 0 Å². The Morgan fingerprint density at radius 2 is 1.81 bits per heavy atom. The molecule has 1 heterocycles. The summed E-state index contributed by atoms with van der Waals surface area (Å²) < 4.78 is 0. The molecule has 4 rings (SSSR count). The minimum absolute atomic E-state index is 0.121. The van der Waals surface area contributed by atoms with E-state index in [9.17, 15) is 9.59 Å². The van der Waals surface area contributed by atoms with Crippen LogP contribution in [0.25, 0.3) is 0 Å². The van der Waals surface area contributed by atoms with Gasteiger partial charge in [0.25, 0.3) is 0 Å². The highest BCUT2D eigenvalue weighted by molar-refractivity contribution is 5.77. The Kier molecular flexibility index (Phi) is 5.25. The fraction of sp³-hybridized carbons (Fsp3) is 0.652. The van der Waals surface area contributed by atoms with Crippen molar-refractivity contribution in [1.82, 2.24) is 10.2 Å². The van der Waals surface area contributed by atoms with Gasteiger partial charge in [-0.25, -0.2) is 0 Å². The lowest BCUT2D eigenvalue weighted by Gasteiger charge is -2.40. The zero-order chi connectivity index (χ0) is 18.9. The molecule has 1 N–H and O–H groups in total. The Labute approximate surface area is 162 Å². The third-order valence-electron chi connectivity index (χ3n) is 7.33. The quantitative estimate of drug-likeness (QED) is 0.880. The molecule has 1 unspecified atom stereocenters. The molecule has 2 fully saturated rings. The van der Waals surface area contributed by atoms with Gasteiger partial charge in [0, 0.05) is 33.0 Å². The van der Waals surface area contributed by atoms with Gasteiger partial charge in [0.1, 0.15) is 0 Å². The zero-order valence-corrected chi connectivity index (χ0v) is 16.5. The molecule has 2 aliphatic carbocycles. The van der Waals surface area contributed by atoms with Crippen LogP contribution in [0.15, 0.2) is 24.3 Å². The van der Waals surface area contributed by atoms with E-state index in [2.05, 4.69) is 34.5 Å². The van der Waals surface area contributed by atoms with Crippen LogP contribution in [0.3, 0.4) is 0 Å². The summed E-state index contributed by atoms with van der Waals surface area (Å²) in [5.74, 6) is 1.42. The molecule has 0 bridgehead atoms. The second-order valence-electron chi connectivity index (χ2n) is 8.88. The Morgan fingerprint density at radius 3 is 2.52 bits per heavy atom. The van der Waals surface area contributed by atoms with E-state index in [4.69, 9.17) is 0 Å². The molecular weight excluding hydrogens is 336 g/mol. The van der Waals surface area contributed by atoms with Gasteiger partial charge in [-0.3, -0.25) is 9.59 Å². The monoisotopic (exact) mass is 368 g/mol. The minimum atomic E-state index is 0.121. The van der Waals surface area contributed by atoms with Gasteiger partial charge >= 0.3 is 0 Å². The Bertz CT molecular complexity index is 700. The van der Waals surface area contributed by atoms with Crippen LogP contribution >= 0.6 is 0 Å². The first kappa shape index (κ1) is 18.5. The molecule has 1 aliphatic heterocycles. The summed E-state index contributed by atoms with van der Waals surface area (Å²) in [6.07, 6.45) is 9.49. The van der Waals surface area contributed by atoms with Crippen LogP contribution in [0.2, 0.25) is 0 Å². The van der Waals surface area contributed by atoms with Crippen molar-refractivity contribution in [3.05, 3.63) is 35.4 Å². The first-order valence-corrected chi connectivity index (χ1v) is 10.7. The number of amides is 2. The molecule has 146 valence electrons. The highest BCUT2D eigenvalue weighted by Crippen LogP contribution is 2.52. The Morgan fingerprint density at radius 1 is 1.11 bits per heavy atom. The summed E-state index contributed by atoms with van der Waals surface area (Å²) in [6, 6.07) is 8.68. The van der Waals surface area contributed by atoms with E-state index in [1.165, 1.54) is 36.8 Å². The van der Waals surface area contributed by atoms with Gasteiger partial charge in [0.15, 0.2) is 0 Å². The van der Waals surface area contributed by atoms with E-state index < -0.39 is 0 Å². The van der Waals surface area contributed by atoms with Crippen molar-refractivity contribution in [1.29, 1.82) is 0 Å². The van der Waals surface area contributed by atoms with Crippen LogP contribution in [0.5, 0.6) is 0 Å². The average Bonchev–Trinajstić information content (AvgIpc) is 3.30. The fourth-order valence-corrected chi connectivity index (χ4v) is 5.78. The molecule has 1 spiro atoms. The summed E-state index contributed by atoms with van der Waals surface area (Å²) in [5, 5.41) is 2.78. The van der Waals surface area contributed by atoms with E-state index in [1.807, 2.05) is 0 Å². The maximum Gasteiger partial charge on any atom is 0.222 e. The smallest absolute Gasteiger partial charge is 0.222 e. The minimum Gasteiger partial charge on any atom is -0.359 e. The average molecular weight is 369 g/mol. The largest absolute Gasteiger partial charge is 0.359 e. The summed E-state index contributed by atoms with van der Waals surface area (Å²) in [6.45, 7) is 1.74. The van der Waals surface area contributed by atoms with E-state index in [1.54, 1.807) is 7.05 Å². The van der Waals surface area contributed by atoms with Crippen molar-refractivity contribution in [2.75, 3.05) is 20.1 Å². The zero-order valence-electron chi connectivity index (χ0n) is 16.5. The lowest BCUT2D eigenvalue weighted by molar-refractivity contribution is -0.133. The third kappa shape index (κ3) is 3.63. The highest BCUT2D eigenvalue weighted by Gasteiger charge is 2.46. The van der Waals surface area contributed by atoms with Crippen molar-refractivity contribution in [3.63, 3.8) is 0 Å². The number of nitrogens with zero attached hydrogens (tertiary/aromatic N) is 1. The van der Waals surface area contributed by atoms with E-state index in [-0.39, 0.29) is 11.3 Å². The van der Waals surface area contributed by atoms with Crippen LogP contribution < -0.4 is 5.32 Å². The van der Waals surface area contributed by atoms with Crippen LogP contribution in [0.1, 0.15) is 74.8 Å². The number of nitrogens with one attached hydrogen (secondary N) is 1. The summed E-state index contributed by atoms with van der Waals surface area (Å²) in [4.78, 5) is 26.8. The molecule has 3 aliphatic rings. The maximum absolute atomic E-state index is 12.7. The van der Waals surface area contributed by atoms with Gasteiger partial charge in [0.2, 0.25) is 11.8 Å². The van der Waals surface area contributed by atoms with Crippen molar-refractivity contribution < 1.29 is 9.59 Å². The number of fused-ring (bicyclic) bond motifs is 2. The maximum atomic E-state index is 12.7. The van der Waals surface area contributed by atoms with Crippen LogP contribution in [-0.4, -0.2) is 36.9 Å². The number of hydrogen-bond acceptors (Lipinski definition) is 2. The summed E-state index contributed by atoms with van der Waals surface area (Å²) in [7, 11) is 1.72. The number of hydrogen-bond donors (Lipinski definition) is 1. The Balaban J connectivity index is 1.44.